The van der Waals surface area contributed by atoms with Crippen molar-refractivity contribution in [2.24, 2.45) is 0 Å². The largest absolute Gasteiger partial charge is 0.481 e. The van der Waals surface area contributed by atoms with E-state index in [0.29, 0.717) is 0 Å². The van der Waals surface area contributed by atoms with Crippen LogP contribution < -0.4 is 10.1 Å². The number of nitrogens with one attached hydrogen (secondary N) is 1. The van der Waals surface area contributed by atoms with Gasteiger partial charge in [0.1, 0.15) is 0 Å². The first-order chi connectivity index (χ1) is 8.90. The van der Waals surface area contributed by atoms with Crippen molar-refractivity contribution in [3.8, 4) is 5.88 Å². The number of hydrogen-bond acceptors (Lipinski definition) is 5. The van der Waals surface area contributed by atoms with E-state index in [1.54, 1.807) is 13.3 Å². The molecule has 1 aromatic rings. The van der Waals surface area contributed by atoms with Crippen molar-refractivity contribution < 1.29 is 4.74 Å². The van der Waals surface area contributed by atoms with Gasteiger partial charge in [-0.05, 0) is 6.07 Å². The van der Waals surface area contributed by atoms with Crippen LogP contribution in [0.15, 0.2) is 18.3 Å². The Hall–Kier alpha value is -0.780. The molecule has 1 saturated heterocycles. The fourth-order valence-electron chi connectivity index (χ4n) is 2.03. The number of nitrogens with zero attached hydrogens (tertiary/aromatic N) is 2. The highest BCUT2D eigenvalue weighted by atomic mass is 32.2. The van der Waals surface area contributed by atoms with Crippen molar-refractivity contribution in [3.63, 3.8) is 0 Å². The molecule has 0 aliphatic carbocycles. The standard InChI is InChI=1S/C13H21N3OS/c1-17-13-12(3-2-4-15-13)11-14-5-6-16-7-9-18-10-8-16/h2-4,14H,5-11H2,1H3. The van der Waals surface area contributed by atoms with Crippen LogP contribution in [0, 0.1) is 0 Å². The van der Waals surface area contributed by atoms with Gasteiger partial charge in [-0.2, -0.15) is 11.8 Å². The van der Waals surface area contributed by atoms with Gasteiger partial charge < -0.3 is 15.0 Å². The zero-order valence-electron chi connectivity index (χ0n) is 10.9. The highest BCUT2D eigenvalue weighted by molar-refractivity contribution is 7.99. The summed E-state index contributed by atoms with van der Waals surface area (Å²) in [5, 5.41) is 3.46. The third kappa shape index (κ3) is 4.15. The first-order valence-corrected chi connectivity index (χ1v) is 7.54. The van der Waals surface area contributed by atoms with Crippen LogP contribution >= 0.6 is 11.8 Å². The van der Waals surface area contributed by atoms with E-state index >= 15 is 0 Å². The Labute approximate surface area is 113 Å². The molecule has 4 nitrogen and oxygen atoms in total. The zero-order valence-corrected chi connectivity index (χ0v) is 11.7. The highest BCUT2D eigenvalue weighted by Gasteiger charge is 2.09. The number of rotatable bonds is 6. The van der Waals surface area contributed by atoms with Crippen molar-refractivity contribution in [1.82, 2.24) is 15.2 Å². The summed E-state index contributed by atoms with van der Waals surface area (Å²) in [5.41, 5.74) is 1.12. The lowest BCUT2D eigenvalue weighted by atomic mass is 10.2. The van der Waals surface area contributed by atoms with Gasteiger partial charge in [0, 0.05) is 56.0 Å². The SMILES string of the molecule is COc1ncccc1CNCCN1CCSCC1. The quantitative estimate of drug-likeness (QED) is 0.785. The van der Waals surface area contributed by atoms with E-state index < -0.39 is 0 Å². The molecule has 0 amide bonds. The molecule has 1 aromatic heterocycles. The molecule has 1 fully saturated rings. The van der Waals surface area contributed by atoms with E-state index in [1.807, 2.05) is 6.07 Å². The van der Waals surface area contributed by atoms with Crippen molar-refractivity contribution in [2.45, 2.75) is 6.54 Å². The lowest BCUT2D eigenvalue weighted by Crippen LogP contribution is -2.37. The van der Waals surface area contributed by atoms with Crippen LogP contribution in [0.25, 0.3) is 0 Å². The summed E-state index contributed by atoms with van der Waals surface area (Å²) in [6.45, 7) is 5.41. The van der Waals surface area contributed by atoms with Crippen molar-refractivity contribution in [3.05, 3.63) is 23.9 Å². The molecule has 0 unspecified atom stereocenters. The summed E-state index contributed by atoms with van der Waals surface area (Å²) in [6, 6.07) is 4.00. The van der Waals surface area contributed by atoms with E-state index in [2.05, 4.69) is 33.0 Å². The monoisotopic (exact) mass is 267 g/mol. The van der Waals surface area contributed by atoms with Gasteiger partial charge in [-0.25, -0.2) is 4.98 Å². The third-order valence-corrected chi connectivity index (χ3v) is 4.01. The number of aromatic nitrogens is 1. The fraction of sp³-hybridized carbons (Fsp3) is 0.615. The Morgan fingerprint density at radius 2 is 2.28 bits per heavy atom. The van der Waals surface area contributed by atoms with E-state index in [4.69, 9.17) is 4.74 Å². The minimum Gasteiger partial charge on any atom is -0.481 e. The molecule has 2 rings (SSSR count). The normalized spacial score (nSPS) is 16.7. The molecule has 0 atom stereocenters. The lowest BCUT2D eigenvalue weighted by Gasteiger charge is -2.26. The van der Waals surface area contributed by atoms with E-state index in [1.165, 1.54) is 24.6 Å². The van der Waals surface area contributed by atoms with Gasteiger partial charge in [-0.3, -0.25) is 0 Å². The second-order valence-electron chi connectivity index (χ2n) is 4.30. The molecule has 100 valence electrons. The second-order valence-corrected chi connectivity index (χ2v) is 5.53. The summed E-state index contributed by atoms with van der Waals surface area (Å²) in [6.07, 6.45) is 1.76. The minimum atomic E-state index is 0.722. The lowest BCUT2D eigenvalue weighted by molar-refractivity contribution is 0.300. The topological polar surface area (TPSA) is 37.4 Å². The summed E-state index contributed by atoms with van der Waals surface area (Å²) >= 11 is 2.05. The molecule has 18 heavy (non-hydrogen) atoms. The molecule has 0 spiro atoms. The van der Waals surface area contributed by atoms with Crippen molar-refractivity contribution in [1.29, 1.82) is 0 Å². The maximum absolute atomic E-state index is 5.23. The molecule has 1 aliphatic rings. The predicted molar refractivity (Wildman–Crippen MR) is 76.3 cm³/mol. The molecule has 2 heterocycles. The molecule has 1 N–H and O–H groups in total. The molecule has 5 heteroatoms. The Bertz CT molecular complexity index is 356. The van der Waals surface area contributed by atoms with E-state index in [0.717, 1.165) is 31.1 Å². The van der Waals surface area contributed by atoms with Gasteiger partial charge in [0.05, 0.1) is 7.11 Å². The number of hydrogen-bond donors (Lipinski definition) is 1. The molecule has 0 aromatic carbocycles. The highest BCUT2D eigenvalue weighted by Crippen LogP contribution is 2.12. The van der Waals surface area contributed by atoms with E-state index in [-0.39, 0.29) is 0 Å². The molecule has 0 saturated carbocycles. The van der Waals surface area contributed by atoms with Crippen LogP contribution in [0.1, 0.15) is 5.56 Å². The Kier molecular flexibility index (Phi) is 5.77. The molecular formula is C13H21N3OS. The second kappa shape index (κ2) is 7.61. The minimum absolute atomic E-state index is 0.722. The van der Waals surface area contributed by atoms with Crippen LogP contribution in [0.5, 0.6) is 5.88 Å². The number of pyridine rings is 1. The van der Waals surface area contributed by atoms with Crippen LogP contribution in [-0.2, 0) is 6.54 Å². The van der Waals surface area contributed by atoms with E-state index in [9.17, 15) is 0 Å². The molecule has 1 aliphatic heterocycles. The first kappa shape index (κ1) is 13.6. The van der Waals surface area contributed by atoms with Crippen LogP contribution in [-0.4, -0.2) is 54.7 Å². The van der Waals surface area contributed by atoms with Gasteiger partial charge in [0.15, 0.2) is 0 Å². The molecule has 0 radical (unpaired) electrons. The van der Waals surface area contributed by atoms with Gasteiger partial charge >= 0.3 is 0 Å². The summed E-state index contributed by atoms with van der Waals surface area (Å²) in [7, 11) is 1.66. The van der Waals surface area contributed by atoms with Crippen molar-refractivity contribution >= 4 is 11.8 Å². The number of thioether (sulfide) groups is 1. The van der Waals surface area contributed by atoms with Crippen molar-refractivity contribution in [2.75, 3.05) is 44.8 Å². The van der Waals surface area contributed by atoms with Gasteiger partial charge in [-0.1, -0.05) is 6.07 Å². The van der Waals surface area contributed by atoms with Gasteiger partial charge in [0.2, 0.25) is 5.88 Å². The number of ether oxygens (including phenoxy) is 1. The smallest absolute Gasteiger partial charge is 0.217 e. The number of methoxy groups -OCH3 is 1. The zero-order chi connectivity index (χ0) is 12.6. The summed E-state index contributed by atoms with van der Waals surface area (Å²) in [5.74, 6) is 3.27. The Morgan fingerprint density at radius 3 is 3.06 bits per heavy atom. The average Bonchev–Trinajstić information content (AvgIpc) is 2.45. The maximum atomic E-state index is 5.23. The third-order valence-electron chi connectivity index (χ3n) is 3.07. The Balaban J connectivity index is 1.68. The van der Waals surface area contributed by atoms with Gasteiger partial charge in [0.25, 0.3) is 0 Å². The average molecular weight is 267 g/mol. The predicted octanol–water partition coefficient (Wildman–Crippen LogP) is 1.23. The maximum Gasteiger partial charge on any atom is 0.217 e. The molecule has 0 bridgehead atoms. The first-order valence-electron chi connectivity index (χ1n) is 6.39. The van der Waals surface area contributed by atoms with Gasteiger partial charge in [-0.15, -0.1) is 0 Å². The molecular weight excluding hydrogens is 246 g/mol. The fourth-order valence-corrected chi connectivity index (χ4v) is 3.01. The Morgan fingerprint density at radius 1 is 1.44 bits per heavy atom. The van der Waals surface area contributed by atoms with Crippen LogP contribution in [0.3, 0.4) is 0 Å². The van der Waals surface area contributed by atoms with Crippen LogP contribution in [0.2, 0.25) is 0 Å². The summed E-state index contributed by atoms with van der Waals surface area (Å²) in [4.78, 5) is 6.71. The summed E-state index contributed by atoms with van der Waals surface area (Å²) < 4.78 is 5.23. The van der Waals surface area contributed by atoms with Crippen LogP contribution in [0.4, 0.5) is 0 Å².